The molecule has 50 heavy (non-hydrogen) atoms. The number of carbonyl (C=O) groups excluding carboxylic acids is 4. The summed E-state index contributed by atoms with van der Waals surface area (Å²) in [6.45, 7) is 1.21. The zero-order chi connectivity index (χ0) is 35.1. The highest BCUT2D eigenvalue weighted by Gasteiger charge is 2.63. The van der Waals surface area contributed by atoms with Crippen LogP contribution in [0.3, 0.4) is 0 Å². The summed E-state index contributed by atoms with van der Waals surface area (Å²) in [6, 6.07) is 12.2. The summed E-state index contributed by atoms with van der Waals surface area (Å²) in [6.07, 6.45) is 6.73. The van der Waals surface area contributed by atoms with E-state index in [2.05, 4.69) is 4.99 Å². The minimum Gasteiger partial charge on any atom is -0.457 e. The van der Waals surface area contributed by atoms with Gasteiger partial charge in [0.25, 0.3) is 10.0 Å². The maximum absolute atomic E-state index is 15.3. The van der Waals surface area contributed by atoms with E-state index in [1.165, 1.54) is 48.8 Å². The Morgan fingerprint density at radius 1 is 1.08 bits per heavy atom. The highest BCUT2D eigenvalue weighted by Crippen LogP contribution is 2.62. The average Bonchev–Trinajstić information content (AvgIpc) is 3.61. The van der Waals surface area contributed by atoms with E-state index in [1.807, 2.05) is 6.92 Å². The van der Waals surface area contributed by atoms with Crippen LogP contribution in [0.5, 0.6) is 0 Å². The largest absolute Gasteiger partial charge is 0.457 e. The lowest BCUT2D eigenvalue weighted by atomic mass is 9.74. The molecule has 2 aromatic carbocycles. The summed E-state index contributed by atoms with van der Waals surface area (Å²) in [5.41, 5.74) is 2.24. The fraction of sp³-hybridized carbons (Fsp3) is 0.270. The number of carbonyl (C=O) groups is 4. The van der Waals surface area contributed by atoms with Crippen LogP contribution in [0, 0.1) is 18.3 Å². The van der Waals surface area contributed by atoms with Gasteiger partial charge in [0.15, 0.2) is 18.2 Å². The molecule has 2 atom stereocenters. The number of aryl methyl sites for hydroxylation is 1. The summed E-state index contributed by atoms with van der Waals surface area (Å²) in [7, 11) is -3.90. The number of hydrogen-bond acceptors (Lipinski definition) is 8. The highest BCUT2D eigenvalue weighted by atomic mass is 35.5. The second kappa shape index (κ2) is 11.6. The van der Waals surface area contributed by atoms with E-state index in [9.17, 15) is 27.6 Å². The van der Waals surface area contributed by atoms with Crippen molar-refractivity contribution in [2.75, 3.05) is 19.7 Å². The van der Waals surface area contributed by atoms with E-state index in [0.717, 1.165) is 28.5 Å². The van der Waals surface area contributed by atoms with Gasteiger partial charge in [-0.05, 0) is 79.0 Å². The van der Waals surface area contributed by atoms with Crippen LogP contribution >= 0.6 is 11.6 Å². The average molecular weight is 714 g/mol. The molecule has 8 rings (SSSR count). The third-order valence-electron chi connectivity index (χ3n) is 10.3. The van der Waals surface area contributed by atoms with Gasteiger partial charge in [-0.25, -0.2) is 16.8 Å². The second-order valence-electron chi connectivity index (χ2n) is 13.4. The van der Waals surface area contributed by atoms with E-state index >= 15 is 4.39 Å². The van der Waals surface area contributed by atoms with Crippen molar-refractivity contribution in [3.63, 3.8) is 0 Å². The molecule has 1 spiro atoms. The number of esters is 1. The quantitative estimate of drug-likeness (QED) is 0.255. The molecular weight excluding hydrogens is 685 g/mol. The maximum Gasteiger partial charge on any atom is 0.315 e. The summed E-state index contributed by atoms with van der Waals surface area (Å²) in [5, 5.41) is 0.455. The van der Waals surface area contributed by atoms with Crippen molar-refractivity contribution in [2.45, 2.75) is 37.1 Å². The molecule has 254 valence electrons. The van der Waals surface area contributed by atoms with Crippen molar-refractivity contribution in [1.29, 1.82) is 0 Å². The molecule has 0 bridgehead atoms. The number of rotatable bonds is 6. The van der Waals surface area contributed by atoms with Gasteiger partial charge in [-0.1, -0.05) is 29.3 Å². The first-order valence-electron chi connectivity index (χ1n) is 16.1. The van der Waals surface area contributed by atoms with Gasteiger partial charge < -0.3 is 9.64 Å². The van der Waals surface area contributed by atoms with Crippen LogP contribution in [0.4, 0.5) is 4.39 Å². The first-order valence-corrected chi connectivity index (χ1v) is 17.9. The van der Waals surface area contributed by atoms with E-state index in [1.54, 1.807) is 23.1 Å². The Balaban J connectivity index is 1.09. The van der Waals surface area contributed by atoms with Gasteiger partial charge in [-0.3, -0.25) is 24.2 Å². The van der Waals surface area contributed by atoms with Crippen LogP contribution in [-0.4, -0.2) is 72.7 Å². The topological polar surface area (TPSA) is 132 Å². The summed E-state index contributed by atoms with van der Waals surface area (Å²) in [4.78, 5) is 59.4. The minimum absolute atomic E-state index is 0.0340. The summed E-state index contributed by atoms with van der Waals surface area (Å²) in [5.74, 6) is -4.10. The van der Waals surface area contributed by atoms with Crippen LogP contribution in [0.1, 0.15) is 35.2 Å². The molecule has 2 unspecified atom stereocenters. The number of aliphatic imine (C=N–C) groups is 1. The lowest BCUT2D eigenvalue weighted by Gasteiger charge is -2.41. The number of halogens is 2. The van der Waals surface area contributed by atoms with Gasteiger partial charge >= 0.3 is 5.97 Å². The van der Waals surface area contributed by atoms with Crippen molar-refractivity contribution in [3.05, 3.63) is 111 Å². The van der Waals surface area contributed by atoms with E-state index < -0.39 is 45.9 Å². The van der Waals surface area contributed by atoms with Crippen molar-refractivity contribution in [1.82, 2.24) is 8.87 Å². The van der Waals surface area contributed by atoms with Crippen molar-refractivity contribution >= 4 is 62.2 Å². The molecule has 2 aliphatic carbocycles. The predicted molar refractivity (Wildman–Crippen MR) is 182 cm³/mol. The molecule has 13 heteroatoms. The zero-order valence-corrected chi connectivity index (χ0v) is 28.3. The number of amides is 1. The first-order chi connectivity index (χ1) is 23.9. The standard InChI is InChI=1S/C37H29ClFN3O7S/c1-20-2-5-24(6-3-20)50(47,48)42-11-8-21-12-22(4-7-30(21)42)31(44)19-49-36(46)27-18-41-32(45)15-37(9-10-37)35(41)26-16-40-17-28(38)34-25(33(26)27)13-23(43)14-29(34)39/h2-8,11-14,17,27,35H,9-10,15-16,18-19H2,1H3. The Morgan fingerprint density at radius 2 is 1.84 bits per heavy atom. The molecule has 1 aromatic heterocycles. The number of ether oxygens (including phenoxy) is 1. The number of hydrogen-bond donors (Lipinski definition) is 0. The normalized spacial score (nSPS) is 22.5. The van der Waals surface area contributed by atoms with Crippen molar-refractivity contribution < 1.29 is 36.7 Å². The smallest absolute Gasteiger partial charge is 0.315 e. The SMILES string of the molecule is Cc1ccc(S(=O)(=O)n2ccc3cc(C(=O)COC(=O)C4CN5C(=O)CC6(CC6)C5C5=C4C4=CC(=O)C=C(F)C4=C(Cl)C=NC5)ccc32)cc1. The molecular formula is C37H29ClFN3O7S. The van der Waals surface area contributed by atoms with Gasteiger partial charge in [0.05, 0.1) is 28.0 Å². The third kappa shape index (κ3) is 5.11. The number of nitrogens with zero attached hydrogens (tertiary/aromatic N) is 3. The molecule has 1 amide bonds. The molecule has 10 nitrogen and oxygen atoms in total. The van der Waals surface area contributed by atoms with E-state index in [4.69, 9.17) is 16.3 Å². The number of fused-ring (bicyclic) bond motifs is 6. The van der Waals surface area contributed by atoms with Gasteiger partial charge in [-0.15, -0.1) is 0 Å². The molecule has 4 heterocycles. The highest BCUT2D eigenvalue weighted by molar-refractivity contribution is 7.90. The fourth-order valence-electron chi connectivity index (χ4n) is 7.70. The van der Waals surface area contributed by atoms with Gasteiger partial charge in [-0.2, -0.15) is 0 Å². The Morgan fingerprint density at radius 3 is 2.58 bits per heavy atom. The van der Waals surface area contributed by atoms with Crippen LogP contribution in [0.15, 0.2) is 110 Å². The van der Waals surface area contributed by atoms with Crippen LogP contribution in [-0.2, 0) is 29.1 Å². The zero-order valence-electron chi connectivity index (χ0n) is 26.7. The number of allylic oxidation sites excluding steroid dienone is 6. The Kier molecular flexibility index (Phi) is 7.46. The minimum atomic E-state index is -3.90. The van der Waals surface area contributed by atoms with Gasteiger partial charge in [0.1, 0.15) is 11.7 Å². The Hall–Kier alpha value is -4.94. The molecule has 1 saturated heterocycles. The summed E-state index contributed by atoms with van der Waals surface area (Å²) >= 11 is 6.46. The molecule has 2 fully saturated rings. The van der Waals surface area contributed by atoms with Gasteiger partial charge in [0.2, 0.25) is 5.91 Å². The molecule has 0 N–H and O–H groups in total. The van der Waals surface area contributed by atoms with Crippen molar-refractivity contribution in [3.8, 4) is 0 Å². The molecule has 1 saturated carbocycles. The van der Waals surface area contributed by atoms with Crippen LogP contribution in [0.25, 0.3) is 10.9 Å². The lowest BCUT2D eigenvalue weighted by Crippen LogP contribution is -2.49. The monoisotopic (exact) mass is 713 g/mol. The first kappa shape index (κ1) is 32.3. The van der Waals surface area contributed by atoms with E-state index in [0.29, 0.717) is 28.5 Å². The number of benzene rings is 2. The Bertz CT molecular complexity index is 2350. The molecule has 3 aliphatic heterocycles. The Labute approximate surface area is 291 Å². The maximum atomic E-state index is 15.3. The van der Waals surface area contributed by atoms with E-state index in [-0.39, 0.29) is 57.1 Å². The van der Waals surface area contributed by atoms with Crippen LogP contribution < -0.4 is 0 Å². The van der Waals surface area contributed by atoms with Crippen molar-refractivity contribution in [2.24, 2.45) is 16.3 Å². The van der Waals surface area contributed by atoms with Gasteiger partial charge in [0, 0.05) is 53.4 Å². The molecule has 5 aliphatic rings. The number of Topliss-reactive ketones (excluding diaryl/α,β-unsaturated/α-hetero) is 1. The summed E-state index contributed by atoms with van der Waals surface area (Å²) < 4.78 is 48.7. The fourth-order valence-corrected chi connectivity index (χ4v) is 9.32. The number of aromatic nitrogens is 1. The molecule has 3 aromatic rings. The second-order valence-corrected chi connectivity index (χ2v) is 15.6. The third-order valence-corrected chi connectivity index (χ3v) is 12.2. The van der Waals surface area contributed by atoms with Crippen LogP contribution in [0.2, 0.25) is 0 Å². The predicted octanol–water partition coefficient (Wildman–Crippen LogP) is 5.16. The number of ketones is 2. The molecule has 0 radical (unpaired) electrons. The lowest BCUT2D eigenvalue weighted by molar-refractivity contribution is -0.147.